The predicted octanol–water partition coefficient (Wildman–Crippen LogP) is 0.733. The van der Waals surface area contributed by atoms with Gasteiger partial charge in [0.05, 0.1) is 24.2 Å². The van der Waals surface area contributed by atoms with Gasteiger partial charge in [-0.25, -0.2) is 0 Å². The summed E-state index contributed by atoms with van der Waals surface area (Å²) in [6, 6.07) is 0. The molecule has 0 saturated carbocycles. The molecule has 1 atom stereocenters. The second-order valence-corrected chi connectivity index (χ2v) is 5.65. The van der Waals surface area contributed by atoms with Crippen molar-refractivity contribution in [3.8, 4) is 0 Å². The molecule has 3 N–H and O–H groups in total. The number of hydrogen-bond donors (Lipinski definition) is 3. The van der Waals surface area contributed by atoms with E-state index in [1.807, 2.05) is 0 Å². The Morgan fingerprint density at radius 2 is 2.06 bits per heavy atom. The number of rotatable bonds is 6. The summed E-state index contributed by atoms with van der Waals surface area (Å²) in [5.41, 5.74) is 7.09. The molecule has 0 aromatic carbocycles. The molecule has 0 saturated heterocycles. The summed E-state index contributed by atoms with van der Waals surface area (Å²) in [5.74, 6) is 0.0806. The van der Waals surface area contributed by atoms with E-state index in [0.717, 1.165) is 5.57 Å². The second-order valence-electron chi connectivity index (χ2n) is 5.13. The van der Waals surface area contributed by atoms with Crippen molar-refractivity contribution in [1.82, 2.24) is 5.32 Å². The normalized spacial score (nSPS) is 20.5. The van der Waals surface area contributed by atoms with Crippen LogP contribution in [0.15, 0.2) is 11.3 Å². The quantitative estimate of drug-likeness (QED) is 0.485. The highest BCUT2D eigenvalue weighted by Crippen LogP contribution is 2.40. The second kappa shape index (κ2) is 5.89. The zero-order valence-corrected chi connectivity index (χ0v) is 11.6. The lowest BCUT2D eigenvalue weighted by atomic mass is 9.74. The Morgan fingerprint density at radius 3 is 2.59 bits per heavy atom. The molecule has 17 heavy (non-hydrogen) atoms. The SMILES string of the molecule is CC(C)(C)C1=C(NCCOCCN)C(=O)C1S. The van der Waals surface area contributed by atoms with Crippen molar-refractivity contribution in [2.45, 2.75) is 26.0 Å². The number of Topliss-reactive ketones (excluding diaryl/α,β-unsaturated/α-hetero) is 1. The fourth-order valence-corrected chi connectivity index (χ4v) is 2.51. The van der Waals surface area contributed by atoms with E-state index in [2.05, 4.69) is 38.7 Å². The Bertz CT molecular complexity index is 321. The molecule has 0 aromatic heterocycles. The molecular formula is C12H22N2O2S. The summed E-state index contributed by atoms with van der Waals surface area (Å²) in [7, 11) is 0. The molecule has 0 fully saturated rings. The fraction of sp³-hybridized carbons (Fsp3) is 0.750. The van der Waals surface area contributed by atoms with Crippen LogP contribution in [0.25, 0.3) is 0 Å². The minimum atomic E-state index is -0.248. The summed E-state index contributed by atoms with van der Waals surface area (Å²) in [4.78, 5) is 11.7. The number of allylic oxidation sites excluding steroid dienone is 1. The van der Waals surface area contributed by atoms with Crippen LogP contribution in [0.4, 0.5) is 0 Å². The summed E-state index contributed by atoms with van der Waals surface area (Å²) in [6.07, 6.45) is 0. The zero-order chi connectivity index (χ0) is 13.1. The minimum absolute atomic E-state index is 0.0270. The van der Waals surface area contributed by atoms with Gasteiger partial charge >= 0.3 is 0 Å². The van der Waals surface area contributed by atoms with E-state index >= 15 is 0 Å². The van der Waals surface area contributed by atoms with Crippen LogP contribution < -0.4 is 11.1 Å². The van der Waals surface area contributed by atoms with Crippen LogP contribution in [0, 0.1) is 5.41 Å². The van der Waals surface area contributed by atoms with E-state index in [4.69, 9.17) is 10.5 Å². The van der Waals surface area contributed by atoms with Gasteiger partial charge in [0.25, 0.3) is 0 Å². The van der Waals surface area contributed by atoms with Crippen molar-refractivity contribution in [3.63, 3.8) is 0 Å². The van der Waals surface area contributed by atoms with Gasteiger partial charge in [-0.05, 0) is 11.0 Å². The standard InChI is InChI=1S/C12H22N2O2S/c1-12(2,3)8-9(10(15)11(8)17)14-5-7-16-6-4-13/h11,14,17H,4-7,13H2,1-3H3. The zero-order valence-electron chi connectivity index (χ0n) is 10.7. The maximum atomic E-state index is 11.7. The number of ether oxygens (including phenoxy) is 1. The van der Waals surface area contributed by atoms with Gasteiger partial charge in [-0.15, -0.1) is 0 Å². The third-order valence-corrected chi connectivity index (χ3v) is 3.15. The molecule has 1 rings (SSSR count). The van der Waals surface area contributed by atoms with Crippen molar-refractivity contribution in [1.29, 1.82) is 0 Å². The van der Waals surface area contributed by atoms with Gasteiger partial charge in [0.2, 0.25) is 0 Å². The van der Waals surface area contributed by atoms with E-state index in [9.17, 15) is 4.79 Å². The molecule has 0 heterocycles. The number of ketones is 1. The monoisotopic (exact) mass is 258 g/mol. The lowest BCUT2D eigenvalue weighted by Gasteiger charge is -2.37. The average molecular weight is 258 g/mol. The summed E-state index contributed by atoms with van der Waals surface area (Å²) >= 11 is 4.31. The molecule has 1 aliphatic carbocycles. The summed E-state index contributed by atoms with van der Waals surface area (Å²) < 4.78 is 5.24. The molecule has 98 valence electrons. The number of hydrogen-bond acceptors (Lipinski definition) is 5. The van der Waals surface area contributed by atoms with Crippen LogP contribution in [-0.4, -0.2) is 37.3 Å². The highest BCUT2D eigenvalue weighted by atomic mass is 32.1. The first kappa shape index (κ1) is 14.5. The van der Waals surface area contributed by atoms with Gasteiger partial charge in [-0.3, -0.25) is 4.79 Å². The van der Waals surface area contributed by atoms with Gasteiger partial charge in [0.1, 0.15) is 0 Å². The van der Waals surface area contributed by atoms with E-state index in [0.29, 0.717) is 32.0 Å². The first-order chi connectivity index (χ1) is 7.89. The average Bonchev–Trinajstić information content (AvgIpc) is 2.24. The summed E-state index contributed by atoms with van der Waals surface area (Å²) in [6.45, 7) is 8.52. The van der Waals surface area contributed by atoms with Crippen molar-refractivity contribution >= 4 is 18.4 Å². The van der Waals surface area contributed by atoms with Gasteiger partial charge in [0, 0.05) is 13.1 Å². The maximum Gasteiger partial charge on any atom is 0.195 e. The molecule has 4 nitrogen and oxygen atoms in total. The molecule has 1 aliphatic rings. The van der Waals surface area contributed by atoms with Gasteiger partial charge in [-0.1, -0.05) is 20.8 Å². The van der Waals surface area contributed by atoms with Gasteiger partial charge in [0.15, 0.2) is 5.78 Å². The topological polar surface area (TPSA) is 64.3 Å². The van der Waals surface area contributed by atoms with Crippen LogP contribution in [-0.2, 0) is 9.53 Å². The van der Waals surface area contributed by atoms with Crippen molar-refractivity contribution < 1.29 is 9.53 Å². The Hall–Kier alpha value is -0.520. The molecule has 5 heteroatoms. The molecule has 0 radical (unpaired) electrons. The van der Waals surface area contributed by atoms with Crippen LogP contribution in [0.5, 0.6) is 0 Å². The molecule has 1 unspecified atom stereocenters. The fourth-order valence-electron chi connectivity index (χ4n) is 1.86. The Labute approximate surface area is 108 Å². The third kappa shape index (κ3) is 3.47. The molecule has 0 aromatic rings. The number of carbonyl (C=O) groups excluding carboxylic acids is 1. The van der Waals surface area contributed by atoms with E-state index < -0.39 is 0 Å². The number of nitrogens with two attached hydrogens (primary N) is 1. The van der Waals surface area contributed by atoms with Crippen molar-refractivity contribution in [2.24, 2.45) is 11.1 Å². The molecule has 0 bridgehead atoms. The van der Waals surface area contributed by atoms with Crippen LogP contribution in [0.3, 0.4) is 0 Å². The largest absolute Gasteiger partial charge is 0.380 e. The Balaban J connectivity index is 2.51. The van der Waals surface area contributed by atoms with Crippen LogP contribution in [0.1, 0.15) is 20.8 Å². The van der Waals surface area contributed by atoms with Crippen molar-refractivity contribution in [2.75, 3.05) is 26.3 Å². The lowest BCUT2D eigenvalue weighted by molar-refractivity contribution is -0.117. The first-order valence-electron chi connectivity index (χ1n) is 5.88. The smallest absolute Gasteiger partial charge is 0.195 e. The summed E-state index contributed by atoms with van der Waals surface area (Å²) in [5, 5.41) is 2.88. The highest BCUT2D eigenvalue weighted by Gasteiger charge is 2.42. The third-order valence-electron chi connectivity index (χ3n) is 2.66. The Kier molecular flexibility index (Phi) is 5.04. The minimum Gasteiger partial charge on any atom is -0.380 e. The highest BCUT2D eigenvalue weighted by molar-refractivity contribution is 7.82. The molecular weight excluding hydrogens is 236 g/mol. The number of carbonyl (C=O) groups is 1. The lowest BCUT2D eigenvalue weighted by Crippen LogP contribution is -2.45. The van der Waals surface area contributed by atoms with E-state index in [1.165, 1.54) is 0 Å². The number of thiol groups is 1. The predicted molar refractivity (Wildman–Crippen MR) is 72.1 cm³/mol. The first-order valence-corrected chi connectivity index (χ1v) is 6.40. The number of nitrogens with one attached hydrogen (secondary N) is 1. The van der Waals surface area contributed by atoms with Crippen LogP contribution in [0.2, 0.25) is 0 Å². The molecule has 0 aliphatic heterocycles. The Morgan fingerprint density at radius 1 is 1.41 bits per heavy atom. The van der Waals surface area contributed by atoms with E-state index in [-0.39, 0.29) is 16.4 Å². The van der Waals surface area contributed by atoms with Gasteiger partial charge < -0.3 is 15.8 Å². The van der Waals surface area contributed by atoms with Crippen molar-refractivity contribution in [3.05, 3.63) is 11.3 Å². The molecule has 0 amide bonds. The molecule has 0 spiro atoms. The van der Waals surface area contributed by atoms with Gasteiger partial charge in [-0.2, -0.15) is 12.6 Å². The van der Waals surface area contributed by atoms with E-state index in [1.54, 1.807) is 0 Å². The maximum absolute atomic E-state index is 11.7. The van der Waals surface area contributed by atoms with Crippen LogP contribution >= 0.6 is 12.6 Å².